The first-order valence-electron chi connectivity index (χ1n) is 5.34. The molecule has 0 unspecified atom stereocenters. The molecular weight excluding hydrogens is 204 g/mol. The third kappa shape index (κ3) is 2.39. The zero-order chi connectivity index (χ0) is 11.4. The van der Waals surface area contributed by atoms with Crippen LogP contribution in [0.3, 0.4) is 0 Å². The van der Waals surface area contributed by atoms with Crippen molar-refractivity contribution in [2.24, 2.45) is 0 Å². The van der Waals surface area contributed by atoms with Crippen molar-refractivity contribution >= 4 is 0 Å². The summed E-state index contributed by atoms with van der Waals surface area (Å²) in [6.45, 7) is 2.44. The molecule has 0 saturated heterocycles. The fourth-order valence-corrected chi connectivity index (χ4v) is 1.61. The molecule has 0 spiro atoms. The van der Waals surface area contributed by atoms with Crippen LogP contribution >= 0.6 is 0 Å². The van der Waals surface area contributed by atoms with Crippen molar-refractivity contribution in [1.29, 1.82) is 0 Å². The standard InChI is InChI=1S/C12H14N2O2/c1-10-12(15)16-13-14(10)9-5-8-11-6-3-2-4-7-11/h2-4,6-7H,5,8-9H2,1H3. The number of hydrogen-bond acceptors (Lipinski definition) is 3. The Bertz CT molecular complexity index is 451. The normalized spacial score (nSPS) is 10.6. The van der Waals surface area contributed by atoms with Crippen molar-refractivity contribution in [2.75, 3.05) is 0 Å². The summed E-state index contributed by atoms with van der Waals surface area (Å²) in [6.07, 6.45) is 1.93. The maximum atomic E-state index is 11.0. The van der Waals surface area contributed by atoms with Gasteiger partial charge in [-0.2, -0.15) is 0 Å². The largest absolute Gasteiger partial charge is 0.539 e. The molecule has 1 aromatic heterocycles. The van der Waals surface area contributed by atoms with E-state index in [4.69, 9.17) is 0 Å². The highest BCUT2D eigenvalue weighted by Gasteiger charge is 2.10. The smallest absolute Gasteiger partial charge is 0.230 e. The lowest BCUT2D eigenvalue weighted by molar-refractivity contribution is -0.767. The average molecular weight is 218 g/mol. The molecule has 16 heavy (non-hydrogen) atoms. The molecule has 0 aliphatic rings. The topological polar surface area (TPSA) is 53.0 Å². The molecule has 2 aromatic rings. The first kappa shape index (κ1) is 10.7. The van der Waals surface area contributed by atoms with Gasteiger partial charge in [0.05, 0.1) is 5.27 Å². The van der Waals surface area contributed by atoms with Crippen molar-refractivity contribution < 1.29 is 14.3 Å². The highest BCUT2D eigenvalue weighted by molar-refractivity contribution is 5.14. The Hall–Kier alpha value is -1.84. The van der Waals surface area contributed by atoms with Crippen LogP contribution in [0.25, 0.3) is 0 Å². The van der Waals surface area contributed by atoms with E-state index in [-0.39, 0.29) is 5.95 Å². The molecular formula is C12H14N2O2. The van der Waals surface area contributed by atoms with E-state index in [1.165, 1.54) is 5.56 Å². The lowest BCUT2D eigenvalue weighted by Gasteiger charge is -1.97. The third-order valence-electron chi connectivity index (χ3n) is 2.58. The minimum Gasteiger partial charge on any atom is -0.539 e. The predicted molar refractivity (Wildman–Crippen MR) is 55.6 cm³/mol. The van der Waals surface area contributed by atoms with Crippen LogP contribution in [0.15, 0.2) is 34.9 Å². The fraction of sp³-hybridized carbons (Fsp3) is 0.333. The van der Waals surface area contributed by atoms with E-state index in [0.717, 1.165) is 12.8 Å². The highest BCUT2D eigenvalue weighted by Crippen LogP contribution is 2.05. The van der Waals surface area contributed by atoms with Crippen LogP contribution < -0.4 is 9.79 Å². The minimum absolute atomic E-state index is 0.347. The average Bonchev–Trinajstić information content (AvgIpc) is 2.62. The van der Waals surface area contributed by atoms with Gasteiger partial charge < -0.3 is 9.63 Å². The summed E-state index contributed by atoms with van der Waals surface area (Å²) in [5.74, 6) is -0.347. The second kappa shape index (κ2) is 4.79. The number of aryl methyl sites for hydroxylation is 2. The first-order chi connectivity index (χ1) is 7.77. The van der Waals surface area contributed by atoms with Gasteiger partial charge in [0.2, 0.25) is 5.69 Å². The second-order valence-electron chi connectivity index (χ2n) is 3.76. The minimum atomic E-state index is -0.347. The van der Waals surface area contributed by atoms with Gasteiger partial charge in [-0.25, -0.2) is 0 Å². The lowest BCUT2D eigenvalue weighted by atomic mass is 10.1. The summed E-state index contributed by atoms with van der Waals surface area (Å²) in [5, 5.41) is 14.7. The summed E-state index contributed by atoms with van der Waals surface area (Å²) >= 11 is 0. The Kier molecular flexibility index (Phi) is 3.19. The second-order valence-corrected chi connectivity index (χ2v) is 3.76. The molecule has 0 N–H and O–H groups in total. The zero-order valence-electron chi connectivity index (χ0n) is 9.22. The summed E-state index contributed by atoms with van der Waals surface area (Å²) in [6, 6.07) is 10.3. The van der Waals surface area contributed by atoms with Crippen molar-refractivity contribution in [2.45, 2.75) is 26.3 Å². The Morgan fingerprint density at radius 2 is 2.06 bits per heavy atom. The van der Waals surface area contributed by atoms with Crippen LogP contribution in [0.5, 0.6) is 5.95 Å². The molecule has 1 heterocycles. The van der Waals surface area contributed by atoms with Crippen LogP contribution in [-0.2, 0) is 13.0 Å². The summed E-state index contributed by atoms with van der Waals surface area (Å²) in [5.41, 5.74) is 1.86. The van der Waals surface area contributed by atoms with Gasteiger partial charge in [-0.3, -0.25) is 0 Å². The molecule has 0 aliphatic carbocycles. The van der Waals surface area contributed by atoms with Crippen LogP contribution in [0.2, 0.25) is 0 Å². The SMILES string of the molecule is Cc1c([O-])on[n+]1CCCc1ccccc1. The fourth-order valence-electron chi connectivity index (χ4n) is 1.61. The number of nitrogens with zero attached hydrogens (tertiary/aromatic N) is 2. The van der Waals surface area contributed by atoms with Gasteiger partial charge in [-0.05, 0) is 12.0 Å². The molecule has 0 fully saturated rings. The molecule has 0 bridgehead atoms. The molecule has 0 radical (unpaired) electrons. The van der Waals surface area contributed by atoms with Crippen molar-refractivity contribution in [3.05, 3.63) is 41.6 Å². The van der Waals surface area contributed by atoms with Crippen molar-refractivity contribution in [1.82, 2.24) is 5.27 Å². The molecule has 84 valence electrons. The maximum absolute atomic E-state index is 11.0. The molecule has 0 aliphatic heterocycles. The third-order valence-corrected chi connectivity index (χ3v) is 2.58. The van der Waals surface area contributed by atoms with E-state index in [9.17, 15) is 5.11 Å². The molecule has 0 saturated carbocycles. The molecule has 4 nitrogen and oxygen atoms in total. The van der Waals surface area contributed by atoms with Crippen molar-refractivity contribution in [3.63, 3.8) is 0 Å². The molecule has 1 aromatic carbocycles. The van der Waals surface area contributed by atoms with Crippen LogP contribution in [0, 0.1) is 6.92 Å². The number of rotatable bonds is 4. The number of aromatic nitrogens is 2. The highest BCUT2D eigenvalue weighted by atomic mass is 16.6. The van der Waals surface area contributed by atoms with Gasteiger partial charge in [-0.15, -0.1) is 0 Å². The van der Waals surface area contributed by atoms with E-state index in [0.29, 0.717) is 12.2 Å². The Morgan fingerprint density at radius 3 is 2.69 bits per heavy atom. The Labute approximate surface area is 94.1 Å². The van der Waals surface area contributed by atoms with Gasteiger partial charge in [0.1, 0.15) is 0 Å². The van der Waals surface area contributed by atoms with Gasteiger partial charge in [0.15, 0.2) is 12.5 Å². The van der Waals surface area contributed by atoms with E-state index in [2.05, 4.69) is 21.9 Å². The predicted octanol–water partition coefficient (Wildman–Crippen LogP) is 0.977. The number of benzene rings is 1. The molecule has 0 amide bonds. The number of hydrogen-bond donors (Lipinski definition) is 0. The van der Waals surface area contributed by atoms with Crippen LogP contribution in [0.1, 0.15) is 17.7 Å². The van der Waals surface area contributed by atoms with E-state index >= 15 is 0 Å². The Balaban J connectivity index is 1.87. The zero-order valence-corrected chi connectivity index (χ0v) is 9.22. The lowest BCUT2D eigenvalue weighted by Crippen LogP contribution is -2.38. The maximum Gasteiger partial charge on any atom is 0.230 e. The first-order valence-corrected chi connectivity index (χ1v) is 5.34. The monoisotopic (exact) mass is 218 g/mol. The Morgan fingerprint density at radius 1 is 1.31 bits per heavy atom. The van der Waals surface area contributed by atoms with Gasteiger partial charge in [-0.1, -0.05) is 35.0 Å². The quantitative estimate of drug-likeness (QED) is 0.719. The summed E-state index contributed by atoms with van der Waals surface area (Å²) < 4.78 is 6.17. The summed E-state index contributed by atoms with van der Waals surface area (Å²) in [4.78, 5) is 0. The van der Waals surface area contributed by atoms with E-state index in [1.807, 2.05) is 18.2 Å². The summed E-state index contributed by atoms with van der Waals surface area (Å²) in [7, 11) is 0. The van der Waals surface area contributed by atoms with E-state index in [1.54, 1.807) is 11.6 Å². The molecule has 4 heteroatoms. The van der Waals surface area contributed by atoms with Gasteiger partial charge >= 0.3 is 0 Å². The van der Waals surface area contributed by atoms with Gasteiger partial charge in [0, 0.05) is 13.3 Å². The van der Waals surface area contributed by atoms with Crippen LogP contribution in [0.4, 0.5) is 0 Å². The van der Waals surface area contributed by atoms with Gasteiger partial charge in [0.25, 0.3) is 0 Å². The van der Waals surface area contributed by atoms with Crippen molar-refractivity contribution in [3.8, 4) is 5.95 Å². The molecule has 2 rings (SSSR count). The van der Waals surface area contributed by atoms with E-state index < -0.39 is 0 Å². The molecule has 0 atom stereocenters. The van der Waals surface area contributed by atoms with Crippen LogP contribution in [-0.4, -0.2) is 5.27 Å².